The minimum Gasteiger partial charge on any atom is -0.481 e. The van der Waals surface area contributed by atoms with Crippen LogP contribution in [0.25, 0.3) is 11.3 Å². The van der Waals surface area contributed by atoms with Crippen molar-refractivity contribution in [1.29, 1.82) is 0 Å². The molecule has 0 radical (unpaired) electrons. The van der Waals surface area contributed by atoms with Crippen molar-refractivity contribution in [3.63, 3.8) is 0 Å². The van der Waals surface area contributed by atoms with Crippen molar-refractivity contribution in [3.8, 4) is 11.3 Å². The van der Waals surface area contributed by atoms with Crippen molar-refractivity contribution in [2.45, 2.75) is 12.8 Å². The van der Waals surface area contributed by atoms with Gasteiger partial charge in [-0.3, -0.25) is 9.78 Å². The molecule has 2 heterocycles. The van der Waals surface area contributed by atoms with Crippen LogP contribution in [0.4, 0.5) is 5.82 Å². The van der Waals surface area contributed by atoms with Crippen molar-refractivity contribution in [2.75, 3.05) is 18.0 Å². The van der Waals surface area contributed by atoms with Gasteiger partial charge in [0.05, 0.1) is 24.0 Å². The zero-order valence-corrected chi connectivity index (χ0v) is 11.6. The van der Waals surface area contributed by atoms with Gasteiger partial charge >= 0.3 is 5.97 Å². The number of aromatic nitrogens is 2. The molecule has 1 aliphatic heterocycles. The van der Waals surface area contributed by atoms with Crippen LogP contribution in [0.3, 0.4) is 0 Å². The molecule has 0 spiro atoms. The van der Waals surface area contributed by atoms with Gasteiger partial charge in [-0.05, 0) is 12.8 Å². The van der Waals surface area contributed by atoms with Crippen LogP contribution in [0.15, 0.2) is 42.7 Å². The molecule has 0 unspecified atom stereocenters. The Bertz CT molecular complexity index is 605. The smallest absolute Gasteiger partial charge is 0.306 e. The Morgan fingerprint density at radius 3 is 2.38 bits per heavy atom. The van der Waals surface area contributed by atoms with E-state index in [4.69, 9.17) is 5.11 Å². The van der Waals surface area contributed by atoms with Crippen LogP contribution < -0.4 is 4.90 Å². The summed E-state index contributed by atoms with van der Waals surface area (Å²) in [6.45, 7) is 1.44. The van der Waals surface area contributed by atoms with E-state index in [1.165, 1.54) is 0 Å². The van der Waals surface area contributed by atoms with Gasteiger partial charge in [0, 0.05) is 18.7 Å². The van der Waals surface area contributed by atoms with E-state index in [0.717, 1.165) is 30.2 Å². The summed E-state index contributed by atoms with van der Waals surface area (Å²) in [4.78, 5) is 22.0. The van der Waals surface area contributed by atoms with Gasteiger partial charge in [0.1, 0.15) is 5.82 Å². The maximum absolute atomic E-state index is 11.0. The molecule has 1 fully saturated rings. The first kappa shape index (κ1) is 13.5. The van der Waals surface area contributed by atoms with Crippen LogP contribution in [0.1, 0.15) is 12.8 Å². The zero-order valence-electron chi connectivity index (χ0n) is 11.6. The average molecular weight is 283 g/mol. The van der Waals surface area contributed by atoms with E-state index in [1.807, 2.05) is 30.3 Å². The predicted octanol–water partition coefficient (Wildman–Crippen LogP) is 2.44. The SMILES string of the molecule is O=C(O)C1CCN(c2cnc(-c3ccccc3)cn2)CC1. The summed E-state index contributed by atoms with van der Waals surface area (Å²) in [5, 5.41) is 9.01. The maximum Gasteiger partial charge on any atom is 0.306 e. The first-order chi connectivity index (χ1) is 10.2. The lowest BCUT2D eigenvalue weighted by Gasteiger charge is -2.30. The summed E-state index contributed by atoms with van der Waals surface area (Å²) in [5.41, 5.74) is 1.89. The molecule has 1 saturated heterocycles. The topological polar surface area (TPSA) is 66.3 Å². The second kappa shape index (κ2) is 5.91. The molecule has 0 bridgehead atoms. The minimum atomic E-state index is -0.694. The zero-order chi connectivity index (χ0) is 14.7. The molecule has 21 heavy (non-hydrogen) atoms. The van der Waals surface area contributed by atoms with Crippen LogP contribution in [0, 0.1) is 5.92 Å². The third-order valence-electron chi connectivity index (χ3n) is 3.88. The number of carboxylic acids is 1. The third kappa shape index (κ3) is 3.02. The number of hydrogen-bond donors (Lipinski definition) is 1. The predicted molar refractivity (Wildman–Crippen MR) is 80.0 cm³/mol. The highest BCUT2D eigenvalue weighted by atomic mass is 16.4. The monoisotopic (exact) mass is 283 g/mol. The normalized spacial score (nSPS) is 15.9. The summed E-state index contributed by atoms with van der Waals surface area (Å²) in [7, 11) is 0. The van der Waals surface area contributed by atoms with Gasteiger partial charge in [0.2, 0.25) is 0 Å². The molecule has 2 aromatic rings. The van der Waals surface area contributed by atoms with Crippen molar-refractivity contribution in [1.82, 2.24) is 9.97 Å². The number of carbonyl (C=O) groups is 1. The lowest BCUT2D eigenvalue weighted by molar-refractivity contribution is -0.142. The summed E-state index contributed by atoms with van der Waals surface area (Å²) in [5.74, 6) is -0.100. The van der Waals surface area contributed by atoms with Gasteiger partial charge in [0.25, 0.3) is 0 Å². The van der Waals surface area contributed by atoms with E-state index in [2.05, 4.69) is 14.9 Å². The number of anilines is 1. The Kier molecular flexibility index (Phi) is 3.81. The fourth-order valence-corrected chi connectivity index (χ4v) is 2.60. The molecule has 5 nitrogen and oxygen atoms in total. The molecule has 1 N–H and O–H groups in total. The first-order valence-corrected chi connectivity index (χ1v) is 7.09. The number of nitrogens with zero attached hydrogens (tertiary/aromatic N) is 3. The molecule has 1 aliphatic rings. The molecule has 0 saturated carbocycles. The quantitative estimate of drug-likeness (QED) is 0.937. The molecule has 1 aromatic heterocycles. The Morgan fingerprint density at radius 2 is 1.81 bits per heavy atom. The molecule has 0 atom stereocenters. The Balaban J connectivity index is 1.69. The standard InChI is InChI=1S/C16H17N3O2/c20-16(21)13-6-8-19(9-7-13)15-11-17-14(10-18-15)12-4-2-1-3-5-12/h1-5,10-11,13H,6-9H2,(H,20,21). The largest absolute Gasteiger partial charge is 0.481 e. The lowest BCUT2D eigenvalue weighted by atomic mass is 9.97. The fourth-order valence-electron chi connectivity index (χ4n) is 2.60. The first-order valence-electron chi connectivity index (χ1n) is 7.09. The van der Waals surface area contributed by atoms with Gasteiger partial charge in [-0.15, -0.1) is 0 Å². The molecule has 108 valence electrons. The summed E-state index contributed by atoms with van der Waals surface area (Å²) < 4.78 is 0. The van der Waals surface area contributed by atoms with Crippen LogP contribution in [-0.2, 0) is 4.79 Å². The third-order valence-corrected chi connectivity index (χ3v) is 3.88. The molecular weight excluding hydrogens is 266 g/mol. The number of hydrogen-bond acceptors (Lipinski definition) is 4. The Hall–Kier alpha value is -2.43. The number of piperidine rings is 1. The maximum atomic E-state index is 11.0. The average Bonchev–Trinajstić information content (AvgIpc) is 2.56. The van der Waals surface area contributed by atoms with Gasteiger partial charge in [-0.25, -0.2) is 4.98 Å². The Labute approximate surface area is 123 Å². The van der Waals surface area contributed by atoms with E-state index in [1.54, 1.807) is 12.4 Å². The summed E-state index contributed by atoms with van der Waals surface area (Å²) >= 11 is 0. The number of rotatable bonds is 3. The second-order valence-electron chi connectivity index (χ2n) is 5.23. The van der Waals surface area contributed by atoms with Gasteiger partial charge in [0.15, 0.2) is 0 Å². The van der Waals surface area contributed by atoms with Gasteiger partial charge in [-0.1, -0.05) is 30.3 Å². The molecule has 0 aliphatic carbocycles. The molecular formula is C16H17N3O2. The van der Waals surface area contributed by atoms with E-state index in [-0.39, 0.29) is 5.92 Å². The number of aliphatic carboxylic acids is 1. The summed E-state index contributed by atoms with van der Waals surface area (Å²) in [6.07, 6.45) is 4.87. The minimum absolute atomic E-state index is 0.224. The van der Waals surface area contributed by atoms with Crippen LogP contribution in [-0.4, -0.2) is 34.1 Å². The molecule has 1 aromatic carbocycles. The number of benzene rings is 1. The number of carboxylic acid groups (broad SMARTS) is 1. The summed E-state index contributed by atoms with van der Waals surface area (Å²) in [6, 6.07) is 9.92. The van der Waals surface area contributed by atoms with Crippen LogP contribution in [0.2, 0.25) is 0 Å². The highest BCUT2D eigenvalue weighted by molar-refractivity contribution is 5.70. The van der Waals surface area contributed by atoms with Crippen molar-refractivity contribution >= 4 is 11.8 Å². The van der Waals surface area contributed by atoms with Gasteiger partial charge in [-0.2, -0.15) is 0 Å². The lowest BCUT2D eigenvalue weighted by Crippen LogP contribution is -2.36. The molecule has 0 amide bonds. The molecule has 3 rings (SSSR count). The molecule has 5 heteroatoms. The van der Waals surface area contributed by atoms with E-state index in [0.29, 0.717) is 12.8 Å². The Morgan fingerprint density at radius 1 is 1.10 bits per heavy atom. The highest BCUT2D eigenvalue weighted by Crippen LogP contribution is 2.23. The fraction of sp³-hybridized carbons (Fsp3) is 0.312. The second-order valence-corrected chi connectivity index (χ2v) is 5.23. The van der Waals surface area contributed by atoms with E-state index in [9.17, 15) is 4.79 Å². The van der Waals surface area contributed by atoms with Gasteiger partial charge < -0.3 is 10.0 Å². The van der Waals surface area contributed by atoms with E-state index >= 15 is 0 Å². The van der Waals surface area contributed by atoms with Crippen molar-refractivity contribution in [3.05, 3.63) is 42.7 Å². The van der Waals surface area contributed by atoms with E-state index < -0.39 is 5.97 Å². The van der Waals surface area contributed by atoms with Crippen LogP contribution in [0.5, 0.6) is 0 Å². The van der Waals surface area contributed by atoms with Crippen molar-refractivity contribution < 1.29 is 9.90 Å². The highest BCUT2D eigenvalue weighted by Gasteiger charge is 2.25. The van der Waals surface area contributed by atoms with Crippen LogP contribution >= 0.6 is 0 Å². The van der Waals surface area contributed by atoms with Crippen molar-refractivity contribution in [2.24, 2.45) is 5.92 Å².